The summed E-state index contributed by atoms with van der Waals surface area (Å²) >= 11 is 2.24. The summed E-state index contributed by atoms with van der Waals surface area (Å²) in [6.45, 7) is 8.96. The van der Waals surface area contributed by atoms with E-state index in [1.54, 1.807) is 0 Å². The molecule has 1 N–H and O–H groups in total. The summed E-state index contributed by atoms with van der Waals surface area (Å²) in [5, 5.41) is 0. The van der Waals surface area contributed by atoms with Gasteiger partial charge in [0.15, 0.2) is 0 Å². The van der Waals surface area contributed by atoms with E-state index in [9.17, 15) is 4.79 Å². The minimum Gasteiger partial charge on any atom is -0.342 e. The monoisotopic (exact) mass is 392 g/mol. The number of rotatable bonds is 3. The Labute approximate surface area is 137 Å². The van der Waals surface area contributed by atoms with Gasteiger partial charge >= 0.3 is 0 Å². The molecule has 3 nitrogen and oxygen atoms in total. The average molecular weight is 392 g/mol. The summed E-state index contributed by atoms with van der Waals surface area (Å²) in [4.78, 5) is 14.8. The van der Waals surface area contributed by atoms with Gasteiger partial charge in [-0.1, -0.05) is 20.8 Å². The lowest BCUT2D eigenvalue weighted by Crippen LogP contribution is -2.47. The van der Waals surface area contributed by atoms with E-state index in [1.807, 2.05) is 0 Å². The number of hydrogen-bond acceptors (Lipinski definition) is 2. The Morgan fingerprint density at radius 2 is 1.75 bits per heavy atom. The van der Waals surface area contributed by atoms with E-state index < -0.39 is 0 Å². The molecular formula is C16H29IN2O. The van der Waals surface area contributed by atoms with Crippen LogP contribution in [-0.2, 0) is 4.79 Å². The Bertz CT molecular complexity index is 329. The summed E-state index contributed by atoms with van der Waals surface area (Å²) in [6, 6.07) is 0.616. The molecule has 1 saturated heterocycles. The molecule has 0 spiro atoms. The van der Waals surface area contributed by atoms with E-state index in [2.05, 4.69) is 52.1 Å². The lowest BCUT2D eigenvalue weighted by molar-refractivity contribution is -0.139. The van der Waals surface area contributed by atoms with Crippen LogP contribution in [0.3, 0.4) is 0 Å². The molecule has 0 aromatic rings. The van der Waals surface area contributed by atoms with Crippen LogP contribution in [0.25, 0.3) is 0 Å². The molecule has 1 heterocycles. The Kier molecular flexibility index (Phi) is 5.74. The Balaban J connectivity index is 1.83. The van der Waals surface area contributed by atoms with E-state index in [0.717, 1.165) is 38.8 Å². The highest BCUT2D eigenvalue weighted by Crippen LogP contribution is 2.39. The molecule has 1 aliphatic heterocycles. The van der Waals surface area contributed by atoms with Gasteiger partial charge in [0.2, 0.25) is 5.91 Å². The first-order chi connectivity index (χ1) is 9.46. The van der Waals surface area contributed by atoms with Crippen LogP contribution in [0.5, 0.6) is 0 Å². The highest BCUT2D eigenvalue weighted by atomic mass is 127. The van der Waals surface area contributed by atoms with Crippen molar-refractivity contribution in [1.29, 1.82) is 0 Å². The minimum atomic E-state index is 0.291. The first kappa shape index (κ1) is 16.5. The molecule has 4 heteroatoms. The SMILES string of the molecule is CC(C)C1(C)CCN(C(=O)[C@H]2CC[C@H](NI)CC2)CC1. The van der Waals surface area contributed by atoms with E-state index >= 15 is 0 Å². The summed E-state index contributed by atoms with van der Waals surface area (Å²) in [5.74, 6) is 1.44. The number of likely N-dealkylation sites (tertiary alicyclic amines) is 1. The number of hydrogen-bond donors (Lipinski definition) is 1. The van der Waals surface area contributed by atoms with Crippen LogP contribution < -0.4 is 3.53 Å². The molecule has 116 valence electrons. The molecule has 0 aromatic carbocycles. The van der Waals surface area contributed by atoms with E-state index in [0.29, 0.717) is 29.2 Å². The normalized spacial score (nSPS) is 30.6. The summed E-state index contributed by atoms with van der Waals surface area (Å²) in [5.41, 5.74) is 0.430. The van der Waals surface area contributed by atoms with Gasteiger partial charge < -0.3 is 4.90 Å². The van der Waals surface area contributed by atoms with Gasteiger partial charge in [-0.2, -0.15) is 0 Å². The molecule has 0 unspecified atom stereocenters. The number of nitrogens with one attached hydrogen (secondary N) is 1. The van der Waals surface area contributed by atoms with Crippen molar-refractivity contribution in [3.05, 3.63) is 0 Å². The van der Waals surface area contributed by atoms with Crippen LogP contribution in [0.15, 0.2) is 0 Å². The van der Waals surface area contributed by atoms with Gasteiger partial charge in [-0.05, 0) is 49.9 Å². The molecule has 0 radical (unpaired) electrons. The maximum Gasteiger partial charge on any atom is 0.225 e. The smallest absolute Gasteiger partial charge is 0.225 e. The zero-order valence-electron chi connectivity index (χ0n) is 13.1. The third-order valence-corrected chi connectivity index (χ3v) is 6.72. The second kappa shape index (κ2) is 6.95. The first-order valence-electron chi connectivity index (χ1n) is 8.11. The van der Waals surface area contributed by atoms with Gasteiger partial charge in [-0.15, -0.1) is 0 Å². The average Bonchev–Trinajstić information content (AvgIpc) is 2.47. The van der Waals surface area contributed by atoms with Gasteiger partial charge in [0.25, 0.3) is 0 Å². The highest BCUT2D eigenvalue weighted by molar-refractivity contribution is 14.1. The molecule has 0 atom stereocenters. The zero-order valence-corrected chi connectivity index (χ0v) is 15.3. The van der Waals surface area contributed by atoms with Crippen molar-refractivity contribution in [2.24, 2.45) is 17.3 Å². The molecule has 0 bridgehead atoms. The number of carbonyl (C=O) groups is 1. The van der Waals surface area contributed by atoms with E-state index in [-0.39, 0.29) is 0 Å². The van der Waals surface area contributed by atoms with Crippen LogP contribution >= 0.6 is 22.9 Å². The fourth-order valence-corrected chi connectivity index (χ4v) is 4.15. The van der Waals surface area contributed by atoms with Gasteiger partial charge in [0.05, 0.1) is 0 Å². The Morgan fingerprint density at radius 3 is 2.20 bits per heavy atom. The second-order valence-electron chi connectivity index (χ2n) is 7.29. The number of carbonyl (C=O) groups excluding carboxylic acids is 1. The Hall–Kier alpha value is 0.160. The van der Waals surface area contributed by atoms with Crippen molar-refractivity contribution in [2.45, 2.75) is 65.3 Å². The lowest BCUT2D eigenvalue weighted by atomic mass is 9.71. The van der Waals surface area contributed by atoms with E-state index in [1.165, 1.54) is 12.8 Å². The largest absolute Gasteiger partial charge is 0.342 e. The van der Waals surface area contributed by atoms with Crippen LogP contribution in [-0.4, -0.2) is 29.9 Å². The van der Waals surface area contributed by atoms with Crippen molar-refractivity contribution in [3.63, 3.8) is 0 Å². The van der Waals surface area contributed by atoms with E-state index in [4.69, 9.17) is 0 Å². The summed E-state index contributed by atoms with van der Waals surface area (Å²) in [6.07, 6.45) is 6.77. The van der Waals surface area contributed by atoms with Crippen molar-refractivity contribution >= 4 is 28.8 Å². The van der Waals surface area contributed by atoms with Gasteiger partial charge in [-0.25, -0.2) is 0 Å². The quantitative estimate of drug-likeness (QED) is 0.586. The molecule has 2 fully saturated rings. The van der Waals surface area contributed by atoms with Crippen LogP contribution in [0.1, 0.15) is 59.3 Å². The number of nitrogens with zero attached hydrogens (tertiary/aromatic N) is 1. The second-order valence-corrected chi connectivity index (χ2v) is 7.91. The van der Waals surface area contributed by atoms with Crippen molar-refractivity contribution < 1.29 is 4.79 Å². The van der Waals surface area contributed by atoms with Gasteiger partial charge in [0.1, 0.15) is 0 Å². The molecule has 1 saturated carbocycles. The predicted octanol–water partition coefficient (Wildman–Crippen LogP) is 3.77. The fourth-order valence-electron chi connectivity index (χ4n) is 3.52. The maximum atomic E-state index is 12.6. The minimum absolute atomic E-state index is 0.291. The maximum absolute atomic E-state index is 12.6. The lowest BCUT2D eigenvalue weighted by Gasteiger charge is -2.43. The molecule has 1 amide bonds. The van der Waals surface area contributed by atoms with Crippen LogP contribution in [0.2, 0.25) is 0 Å². The first-order valence-corrected chi connectivity index (χ1v) is 9.19. The topological polar surface area (TPSA) is 32.3 Å². The zero-order chi connectivity index (χ0) is 14.8. The predicted molar refractivity (Wildman–Crippen MR) is 91.7 cm³/mol. The number of piperidine rings is 1. The molecule has 20 heavy (non-hydrogen) atoms. The van der Waals surface area contributed by atoms with Gasteiger partial charge in [-0.3, -0.25) is 8.32 Å². The number of halogens is 1. The van der Waals surface area contributed by atoms with Crippen LogP contribution in [0.4, 0.5) is 0 Å². The third kappa shape index (κ3) is 3.67. The molecular weight excluding hydrogens is 363 g/mol. The van der Waals surface area contributed by atoms with Crippen molar-refractivity contribution in [2.75, 3.05) is 13.1 Å². The standard InChI is InChI=1S/C16H29IN2O/c1-12(2)16(3)8-10-19(11-9-16)15(20)13-4-6-14(18-17)7-5-13/h12-14,18H,4-11H2,1-3H3/t13-,14-. The number of amides is 1. The van der Waals surface area contributed by atoms with Gasteiger partial charge in [0, 0.05) is 47.9 Å². The van der Waals surface area contributed by atoms with Crippen LogP contribution in [0, 0.1) is 17.3 Å². The van der Waals surface area contributed by atoms with Crippen molar-refractivity contribution in [1.82, 2.24) is 8.43 Å². The highest BCUT2D eigenvalue weighted by Gasteiger charge is 2.36. The Morgan fingerprint density at radius 1 is 1.20 bits per heavy atom. The fraction of sp³-hybridized carbons (Fsp3) is 0.938. The third-order valence-electron chi connectivity index (χ3n) is 5.84. The molecule has 2 aliphatic rings. The molecule has 0 aromatic heterocycles. The van der Waals surface area contributed by atoms with Crippen molar-refractivity contribution in [3.8, 4) is 0 Å². The molecule has 1 aliphatic carbocycles. The molecule has 2 rings (SSSR count). The summed E-state index contributed by atoms with van der Waals surface area (Å²) in [7, 11) is 0. The summed E-state index contributed by atoms with van der Waals surface area (Å²) < 4.78 is 3.31.